The van der Waals surface area contributed by atoms with E-state index in [0.29, 0.717) is 0 Å². The van der Waals surface area contributed by atoms with Crippen molar-refractivity contribution in [1.82, 2.24) is 0 Å². The van der Waals surface area contributed by atoms with Crippen molar-refractivity contribution >= 4 is 11.4 Å². The Morgan fingerprint density at radius 1 is 0.765 bits per heavy atom. The van der Waals surface area contributed by atoms with Crippen LogP contribution < -0.4 is 11.5 Å². The highest BCUT2D eigenvalue weighted by atomic mass is 16.2. The van der Waals surface area contributed by atoms with Gasteiger partial charge in [0.05, 0.1) is 0 Å². The minimum absolute atomic E-state index is 0.250. The number of aliphatic hydroxyl groups is 1. The molecule has 17 heavy (non-hydrogen) atoms. The van der Waals surface area contributed by atoms with E-state index < -0.39 is 0 Å². The summed E-state index contributed by atoms with van der Waals surface area (Å²) in [6.45, 7) is 1.93. The number of aliphatic hydroxyl groups excluding tert-OH is 1. The van der Waals surface area contributed by atoms with Gasteiger partial charge in [-0.05, 0) is 42.3 Å². The molecule has 0 atom stereocenters. The summed E-state index contributed by atoms with van der Waals surface area (Å²) in [5, 5.41) is 7.57. The van der Waals surface area contributed by atoms with E-state index in [4.69, 9.17) is 16.6 Å². The second-order valence-corrected chi connectivity index (χ2v) is 3.56. The normalized spacial score (nSPS) is 9.29. The van der Waals surface area contributed by atoms with Gasteiger partial charge in [-0.1, -0.05) is 24.3 Å². The first-order valence-electron chi connectivity index (χ1n) is 5.49. The molecule has 2 aromatic carbocycles. The third kappa shape index (κ3) is 4.17. The zero-order chi connectivity index (χ0) is 12.7. The zero-order valence-electron chi connectivity index (χ0n) is 9.93. The van der Waals surface area contributed by atoms with E-state index in [1.807, 2.05) is 48.5 Å². The van der Waals surface area contributed by atoms with E-state index in [2.05, 4.69) is 0 Å². The summed E-state index contributed by atoms with van der Waals surface area (Å²) in [6.07, 6.45) is 0. The molecule has 5 N–H and O–H groups in total. The summed E-state index contributed by atoms with van der Waals surface area (Å²) in [5.74, 6) is 0. The van der Waals surface area contributed by atoms with Gasteiger partial charge >= 0.3 is 0 Å². The molecule has 0 aliphatic heterocycles. The molecule has 0 aliphatic rings. The molecule has 3 heteroatoms. The van der Waals surface area contributed by atoms with Gasteiger partial charge in [-0.3, -0.25) is 0 Å². The Morgan fingerprint density at radius 2 is 1.00 bits per heavy atom. The van der Waals surface area contributed by atoms with Gasteiger partial charge in [0.15, 0.2) is 0 Å². The van der Waals surface area contributed by atoms with E-state index in [1.165, 1.54) is 0 Å². The van der Waals surface area contributed by atoms with E-state index in [0.717, 1.165) is 22.5 Å². The Kier molecular flexibility index (Phi) is 5.04. The van der Waals surface area contributed by atoms with Gasteiger partial charge in [0.25, 0.3) is 0 Å². The van der Waals surface area contributed by atoms with Crippen LogP contribution in [0.1, 0.15) is 6.92 Å². The predicted molar refractivity (Wildman–Crippen MR) is 73.5 cm³/mol. The van der Waals surface area contributed by atoms with Crippen molar-refractivity contribution in [3.63, 3.8) is 0 Å². The van der Waals surface area contributed by atoms with Crippen LogP contribution in [-0.2, 0) is 0 Å². The summed E-state index contributed by atoms with van der Waals surface area (Å²) in [5.41, 5.74) is 15.1. The summed E-state index contributed by atoms with van der Waals surface area (Å²) in [6, 6.07) is 15.6. The van der Waals surface area contributed by atoms with Crippen molar-refractivity contribution in [2.45, 2.75) is 6.92 Å². The third-order valence-electron chi connectivity index (χ3n) is 2.15. The van der Waals surface area contributed by atoms with E-state index in [9.17, 15) is 0 Å². The molecule has 90 valence electrons. The highest BCUT2D eigenvalue weighted by Gasteiger charge is 1.95. The van der Waals surface area contributed by atoms with Crippen molar-refractivity contribution in [2.75, 3.05) is 18.1 Å². The summed E-state index contributed by atoms with van der Waals surface area (Å²) in [4.78, 5) is 0. The molecule has 0 amide bonds. The highest BCUT2D eigenvalue weighted by Crippen LogP contribution is 2.21. The molecular weight excluding hydrogens is 212 g/mol. The number of nitrogens with two attached hydrogens (primary N) is 2. The maximum Gasteiger partial charge on any atom is 0.0402 e. The van der Waals surface area contributed by atoms with Crippen molar-refractivity contribution in [2.24, 2.45) is 0 Å². The maximum absolute atomic E-state index is 7.57. The molecule has 0 fully saturated rings. The fourth-order valence-corrected chi connectivity index (χ4v) is 1.35. The molecule has 0 bridgehead atoms. The number of hydrogen-bond donors (Lipinski definition) is 3. The van der Waals surface area contributed by atoms with Crippen LogP contribution in [0.15, 0.2) is 48.5 Å². The van der Waals surface area contributed by atoms with E-state index in [1.54, 1.807) is 6.92 Å². The molecule has 3 nitrogen and oxygen atoms in total. The van der Waals surface area contributed by atoms with Crippen LogP contribution in [0.3, 0.4) is 0 Å². The largest absolute Gasteiger partial charge is 0.399 e. The molecule has 2 aromatic rings. The van der Waals surface area contributed by atoms with Gasteiger partial charge in [-0.15, -0.1) is 0 Å². The molecule has 0 spiro atoms. The highest BCUT2D eigenvalue weighted by molar-refractivity contribution is 5.67. The van der Waals surface area contributed by atoms with Gasteiger partial charge in [0.1, 0.15) is 0 Å². The van der Waals surface area contributed by atoms with E-state index >= 15 is 0 Å². The van der Waals surface area contributed by atoms with Crippen LogP contribution in [-0.4, -0.2) is 11.7 Å². The molecule has 0 unspecified atom stereocenters. The maximum atomic E-state index is 7.57. The SMILES string of the molecule is CCO.Nc1ccc(-c2ccc(N)cc2)cc1. The summed E-state index contributed by atoms with van der Waals surface area (Å²) >= 11 is 0. The lowest BCUT2D eigenvalue weighted by Crippen LogP contribution is -1.85. The lowest BCUT2D eigenvalue weighted by Gasteiger charge is -2.02. The van der Waals surface area contributed by atoms with Crippen LogP contribution in [0.2, 0.25) is 0 Å². The molecule has 0 aliphatic carbocycles. The molecular formula is C14H18N2O. The molecule has 0 aromatic heterocycles. The Balaban J connectivity index is 0.000000437. The van der Waals surface area contributed by atoms with Crippen molar-refractivity contribution in [1.29, 1.82) is 0 Å². The summed E-state index contributed by atoms with van der Waals surface area (Å²) in [7, 11) is 0. The Morgan fingerprint density at radius 3 is 1.24 bits per heavy atom. The standard InChI is InChI=1S/C12H12N2.C2H6O/c13-11-5-1-9(2-6-11)10-3-7-12(14)8-4-10;1-2-3/h1-8H,13-14H2;3H,2H2,1H3. The van der Waals surface area contributed by atoms with Crippen molar-refractivity contribution < 1.29 is 5.11 Å². The lowest BCUT2D eigenvalue weighted by molar-refractivity contribution is 0.318. The first-order valence-corrected chi connectivity index (χ1v) is 5.49. The average Bonchev–Trinajstić information content (AvgIpc) is 2.32. The quantitative estimate of drug-likeness (QED) is 0.659. The Labute approximate surface area is 102 Å². The van der Waals surface area contributed by atoms with Gasteiger partial charge in [-0.25, -0.2) is 0 Å². The van der Waals surface area contributed by atoms with Crippen molar-refractivity contribution in [3.05, 3.63) is 48.5 Å². The Hall–Kier alpha value is -2.00. The number of benzene rings is 2. The van der Waals surface area contributed by atoms with Crippen LogP contribution in [0.5, 0.6) is 0 Å². The first-order chi connectivity index (χ1) is 8.17. The van der Waals surface area contributed by atoms with E-state index in [-0.39, 0.29) is 6.61 Å². The average molecular weight is 230 g/mol. The van der Waals surface area contributed by atoms with Crippen LogP contribution in [0.25, 0.3) is 11.1 Å². The smallest absolute Gasteiger partial charge is 0.0402 e. The summed E-state index contributed by atoms with van der Waals surface area (Å²) < 4.78 is 0. The van der Waals surface area contributed by atoms with Gasteiger partial charge < -0.3 is 16.6 Å². The molecule has 0 saturated carbocycles. The first kappa shape index (κ1) is 13.1. The van der Waals surface area contributed by atoms with Gasteiger partial charge in [-0.2, -0.15) is 0 Å². The number of rotatable bonds is 1. The molecule has 0 saturated heterocycles. The van der Waals surface area contributed by atoms with Crippen LogP contribution in [0, 0.1) is 0 Å². The fourth-order valence-electron chi connectivity index (χ4n) is 1.35. The number of nitrogen functional groups attached to an aromatic ring is 2. The number of anilines is 2. The topological polar surface area (TPSA) is 72.3 Å². The fraction of sp³-hybridized carbons (Fsp3) is 0.143. The second-order valence-electron chi connectivity index (χ2n) is 3.56. The second kappa shape index (κ2) is 6.55. The number of hydrogen-bond acceptors (Lipinski definition) is 3. The van der Waals surface area contributed by atoms with Gasteiger partial charge in [0.2, 0.25) is 0 Å². The zero-order valence-corrected chi connectivity index (χ0v) is 9.93. The Bertz CT molecular complexity index is 391. The van der Waals surface area contributed by atoms with Crippen LogP contribution >= 0.6 is 0 Å². The van der Waals surface area contributed by atoms with Gasteiger partial charge in [0, 0.05) is 18.0 Å². The van der Waals surface area contributed by atoms with Crippen molar-refractivity contribution in [3.8, 4) is 11.1 Å². The third-order valence-corrected chi connectivity index (χ3v) is 2.15. The minimum atomic E-state index is 0.250. The molecule has 0 radical (unpaired) electrons. The minimum Gasteiger partial charge on any atom is -0.399 e. The molecule has 2 rings (SSSR count). The predicted octanol–water partition coefficient (Wildman–Crippen LogP) is 2.52. The molecule has 0 heterocycles. The monoisotopic (exact) mass is 230 g/mol. The lowest BCUT2D eigenvalue weighted by atomic mass is 10.1. The van der Waals surface area contributed by atoms with Crippen LogP contribution in [0.4, 0.5) is 11.4 Å².